The predicted octanol–water partition coefficient (Wildman–Crippen LogP) is 2.46. The molecule has 0 saturated heterocycles. The molecule has 4 nitrogen and oxygen atoms in total. The van der Waals surface area contributed by atoms with Crippen molar-refractivity contribution in [1.82, 2.24) is 5.32 Å². The molecule has 1 atom stereocenters. The molecule has 0 spiro atoms. The van der Waals surface area contributed by atoms with E-state index < -0.39 is 0 Å². The first kappa shape index (κ1) is 16.8. The molecule has 1 aromatic carbocycles. The van der Waals surface area contributed by atoms with Crippen molar-refractivity contribution in [1.29, 1.82) is 0 Å². The summed E-state index contributed by atoms with van der Waals surface area (Å²) in [5.41, 5.74) is 0.153. The molecule has 0 aliphatic rings. The van der Waals surface area contributed by atoms with Gasteiger partial charge in [-0.2, -0.15) is 0 Å². The van der Waals surface area contributed by atoms with Crippen LogP contribution in [0.25, 0.3) is 0 Å². The summed E-state index contributed by atoms with van der Waals surface area (Å²) < 4.78 is 10.7. The van der Waals surface area contributed by atoms with Gasteiger partial charge in [0.05, 0.1) is 13.2 Å². The standard InChI is InChI=1S/C16H27NO3/c1-16(2,3)11-13(18)12-17-9-10-20-15-7-5-14(19-4)6-8-15/h5-8,13,17-18H,9-12H2,1-4H3. The molecule has 1 rings (SSSR count). The Kier molecular flexibility index (Phi) is 6.82. The third-order valence-electron chi connectivity index (χ3n) is 2.83. The van der Waals surface area contributed by atoms with E-state index in [4.69, 9.17) is 9.47 Å². The molecule has 20 heavy (non-hydrogen) atoms. The number of aliphatic hydroxyl groups excluding tert-OH is 1. The molecular weight excluding hydrogens is 254 g/mol. The van der Waals surface area contributed by atoms with Crippen LogP contribution in [-0.4, -0.2) is 38.0 Å². The predicted molar refractivity (Wildman–Crippen MR) is 81.4 cm³/mol. The summed E-state index contributed by atoms with van der Waals surface area (Å²) >= 11 is 0. The summed E-state index contributed by atoms with van der Waals surface area (Å²) in [5.74, 6) is 1.64. The molecule has 0 saturated carbocycles. The fourth-order valence-electron chi connectivity index (χ4n) is 1.96. The van der Waals surface area contributed by atoms with Crippen LogP contribution in [0.5, 0.6) is 11.5 Å². The van der Waals surface area contributed by atoms with Crippen LogP contribution >= 0.6 is 0 Å². The van der Waals surface area contributed by atoms with Crippen LogP contribution < -0.4 is 14.8 Å². The SMILES string of the molecule is COc1ccc(OCCNCC(O)CC(C)(C)C)cc1. The lowest BCUT2D eigenvalue weighted by molar-refractivity contribution is 0.118. The summed E-state index contributed by atoms with van der Waals surface area (Å²) in [7, 11) is 1.64. The maximum absolute atomic E-state index is 9.84. The molecule has 0 aliphatic heterocycles. The molecule has 1 unspecified atom stereocenters. The van der Waals surface area contributed by atoms with E-state index in [1.54, 1.807) is 7.11 Å². The maximum Gasteiger partial charge on any atom is 0.119 e. The number of aliphatic hydroxyl groups is 1. The fraction of sp³-hybridized carbons (Fsp3) is 0.625. The smallest absolute Gasteiger partial charge is 0.119 e. The minimum atomic E-state index is -0.309. The normalized spacial score (nSPS) is 13.1. The monoisotopic (exact) mass is 281 g/mol. The van der Waals surface area contributed by atoms with Crippen LogP contribution in [0.15, 0.2) is 24.3 Å². The third kappa shape index (κ3) is 7.36. The maximum atomic E-state index is 9.84. The average Bonchev–Trinajstić information content (AvgIpc) is 2.37. The van der Waals surface area contributed by atoms with Gasteiger partial charge in [0.25, 0.3) is 0 Å². The number of rotatable bonds is 8. The van der Waals surface area contributed by atoms with Crippen LogP contribution in [0.3, 0.4) is 0 Å². The Balaban J connectivity index is 2.12. The molecule has 4 heteroatoms. The lowest BCUT2D eigenvalue weighted by Crippen LogP contribution is -2.32. The Bertz CT molecular complexity index is 370. The Hall–Kier alpha value is -1.26. The van der Waals surface area contributed by atoms with Crippen LogP contribution in [0.4, 0.5) is 0 Å². The number of hydrogen-bond acceptors (Lipinski definition) is 4. The van der Waals surface area contributed by atoms with Gasteiger partial charge < -0.3 is 19.9 Å². The van der Waals surface area contributed by atoms with Crippen LogP contribution in [0, 0.1) is 5.41 Å². The molecule has 2 N–H and O–H groups in total. The Morgan fingerprint density at radius 3 is 2.30 bits per heavy atom. The summed E-state index contributed by atoms with van der Waals surface area (Å²) in [6.45, 7) is 8.28. The quantitative estimate of drug-likeness (QED) is 0.719. The van der Waals surface area contributed by atoms with Gasteiger partial charge in [-0.15, -0.1) is 0 Å². The van der Waals surface area contributed by atoms with Crippen molar-refractivity contribution < 1.29 is 14.6 Å². The van der Waals surface area contributed by atoms with Crippen molar-refractivity contribution in [3.05, 3.63) is 24.3 Å². The highest BCUT2D eigenvalue weighted by atomic mass is 16.5. The van der Waals surface area contributed by atoms with Gasteiger partial charge >= 0.3 is 0 Å². The largest absolute Gasteiger partial charge is 0.497 e. The number of methoxy groups -OCH3 is 1. The van der Waals surface area contributed by atoms with Crippen molar-refractivity contribution in [2.45, 2.75) is 33.3 Å². The van der Waals surface area contributed by atoms with E-state index in [0.29, 0.717) is 19.7 Å². The zero-order chi connectivity index (χ0) is 15.0. The first-order valence-electron chi connectivity index (χ1n) is 7.06. The second-order valence-corrected chi connectivity index (χ2v) is 6.15. The molecule has 0 radical (unpaired) electrons. The fourth-order valence-corrected chi connectivity index (χ4v) is 1.96. The molecule has 114 valence electrons. The minimum absolute atomic E-state index is 0.153. The molecule has 1 aromatic rings. The second kappa shape index (κ2) is 8.12. The highest BCUT2D eigenvalue weighted by Gasteiger charge is 2.15. The zero-order valence-corrected chi connectivity index (χ0v) is 13.0. The van der Waals surface area contributed by atoms with Crippen molar-refractivity contribution in [3.8, 4) is 11.5 Å². The van der Waals surface area contributed by atoms with E-state index in [-0.39, 0.29) is 11.5 Å². The topological polar surface area (TPSA) is 50.7 Å². The van der Waals surface area contributed by atoms with Gasteiger partial charge in [-0.05, 0) is 36.1 Å². The van der Waals surface area contributed by atoms with Crippen LogP contribution in [-0.2, 0) is 0 Å². The summed E-state index contributed by atoms with van der Waals surface area (Å²) in [5, 5.41) is 13.0. The van der Waals surface area contributed by atoms with Gasteiger partial charge in [0.2, 0.25) is 0 Å². The molecule has 0 bridgehead atoms. The van der Waals surface area contributed by atoms with E-state index in [1.165, 1.54) is 0 Å². The minimum Gasteiger partial charge on any atom is -0.497 e. The first-order chi connectivity index (χ1) is 9.40. The lowest BCUT2D eigenvalue weighted by atomic mass is 9.89. The molecule has 0 aliphatic carbocycles. The molecule has 0 amide bonds. The van der Waals surface area contributed by atoms with Gasteiger partial charge in [0, 0.05) is 13.1 Å². The van der Waals surface area contributed by atoms with Crippen molar-refractivity contribution in [2.24, 2.45) is 5.41 Å². The van der Waals surface area contributed by atoms with E-state index >= 15 is 0 Å². The van der Waals surface area contributed by atoms with Gasteiger partial charge in [-0.25, -0.2) is 0 Å². The number of hydrogen-bond donors (Lipinski definition) is 2. The summed E-state index contributed by atoms with van der Waals surface area (Å²) in [4.78, 5) is 0. The van der Waals surface area contributed by atoms with Gasteiger partial charge in [0.1, 0.15) is 18.1 Å². The first-order valence-corrected chi connectivity index (χ1v) is 7.06. The van der Waals surface area contributed by atoms with Crippen LogP contribution in [0.1, 0.15) is 27.2 Å². The lowest BCUT2D eigenvalue weighted by Gasteiger charge is -2.22. The Morgan fingerprint density at radius 2 is 1.75 bits per heavy atom. The third-order valence-corrected chi connectivity index (χ3v) is 2.83. The molecule has 0 fully saturated rings. The van der Waals surface area contributed by atoms with Crippen molar-refractivity contribution in [3.63, 3.8) is 0 Å². The van der Waals surface area contributed by atoms with E-state index in [1.807, 2.05) is 24.3 Å². The summed E-state index contributed by atoms with van der Waals surface area (Å²) in [6, 6.07) is 7.51. The van der Waals surface area contributed by atoms with Crippen molar-refractivity contribution >= 4 is 0 Å². The van der Waals surface area contributed by atoms with E-state index in [0.717, 1.165) is 17.9 Å². The molecular formula is C16H27NO3. The Labute approximate surface area is 122 Å². The highest BCUT2D eigenvalue weighted by molar-refractivity contribution is 5.31. The zero-order valence-electron chi connectivity index (χ0n) is 13.0. The number of nitrogens with one attached hydrogen (secondary N) is 1. The Morgan fingerprint density at radius 1 is 1.15 bits per heavy atom. The number of benzene rings is 1. The average molecular weight is 281 g/mol. The molecule has 0 aromatic heterocycles. The summed E-state index contributed by atoms with van der Waals surface area (Å²) in [6.07, 6.45) is 0.482. The highest BCUT2D eigenvalue weighted by Crippen LogP contribution is 2.20. The van der Waals surface area contributed by atoms with Gasteiger partial charge in [-0.1, -0.05) is 20.8 Å². The molecule has 0 heterocycles. The van der Waals surface area contributed by atoms with E-state index in [2.05, 4.69) is 26.1 Å². The second-order valence-electron chi connectivity index (χ2n) is 6.15. The van der Waals surface area contributed by atoms with Crippen LogP contribution in [0.2, 0.25) is 0 Å². The van der Waals surface area contributed by atoms with Gasteiger partial charge in [0.15, 0.2) is 0 Å². The van der Waals surface area contributed by atoms with E-state index in [9.17, 15) is 5.11 Å². The van der Waals surface area contributed by atoms with Gasteiger partial charge in [-0.3, -0.25) is 0 Å². The number of ether oxygens (including phenoxy) is 2. The van der Waals surface area contributed by atoms with Crippen molar-refractivity contribution in [2.75, 3.05) is 26.8 Å².